The molecule has 0 spiro atoms. The van der Waals surface area contributed by atoms with Crippen molar-refractivity contribution in [2.24, 2.45) is 5.92 Å². The number of nitrogens with one attached hydrogen (secondary N) is 2. The van der Waals surface area contributed by atoms with E-state index in [9.17, 15) is 4.79 Å². The molecule has 3 heterocycles. The van der Waals surface area contributed by atoms with Crippen LogP contribution in [-0.2, 0) is 0 Å². The predicted molar refractivity (Wildman–Crippen MR) is 130 cm³/mol. The van der Waals surface area contributed by atoms with Gasteiger partial charge in [0.2, 0.25) is 0 Å². The van der Waals surface area contributed by atoms with Gasteiger partial charge in [-0.15, -0.1) is 0 Å². The molecule has 0 saturated heterocycles. The van der Waals surface area contributed by atoms with Gasteiger partial charge in [-0.05, 0) is 61.9 Å². The number of amides is 1. The van der Waals surface area contributed by atoms with E-state index in [0.29, 0.717) is 17.1 Å². The molecule has 1 aliphatic carbocycles. The fourth-order valence-corrected chi connectivity index (χ4v) is 5.14. The molecule has 2 N–H and O–H groups in total. The molecule has 3 atom stereocenters. The van der Waals surface area contributed by atoms with E-state index in [-0.39, 0.29) is 17.9 Å². The lowest BCUT2D eigenvalue weighted by atomic mass is 9.75. The van der Waals surface area contributed by atoms with Gasteiger partial charge in [0, 0.05) is 46.0 Å². The zero-order valence-electron chi connectivity index (χ0n) is 18.7. The maximum Gasteiger partial charge on any atom is 0.253 e. The normalized spacial score (nSPS) is 20.6. The number of fused-ring (bicyclic) bond motifs is 1. The lowest BCUT2D eigenvalue weighted by Gasteiger charge is -2.36. The van der Waals surface area contributed by atoms with E-state index in [2.05, 4.69) is 38.5 Å². The van der Waals surface area contributed by atoms with Gasteiger partial charge in [0.1, 0.15) is 5.69 Å². The summed E-state index contributed by atoms with van der Waals surface area (Å²) in [5.41, 5.74) is 4.88. The molecule has 6 nitrogen and oxygen atoms in total. The summed E-state index contributed by atoms with van der Waals surface area (Å²) in [7, 11) is 0. The van der Waals surface area contributed by atoms with E-state index in [4.69, 9.17) is 11.6 Å². The number of halogens is 1. The van der Waals surface area contributed by atoms with Gasteiger partial charge in [-0.1, -0.05) is 36.7 Å². The molecule has 0 radical (unpaired) electrons. The summed E-state index contributed by atoms with van der Waals surface area (Å²) < 4.78 is 0. The molecule has 168 valence electrons. The first-order valence-corrected chi connectivity index (χ1v) is 11.7. The van der Waals surface area contributed by atoms with Gasteiger partial charge in [0.15, 0.2) is 5.65 Å². The molecule has 5 rings (SSSR count). The minimum absolute atomic E-state index is 0.0240. The number of aromatic nitrogens is 4. The summed E-state index contributed by atoms with van der Waals surface area (Å²) in [6.45, 7) is 4.21. The quantitative estimate of drug-likeness (QED) is 0.411. The van der Waals surface area contributed by atoms with E-state index in [1.54, 1.807) is 12.4 Å². The van der Waals surface area contributed by atoms with E-state index < -0.39 is 0 Å². The summed E-state index contributed by atoms with van der Waals surface area (Å²) in [4.78, 5) is 22.0. The van der Waals surface area contributed by atoms with E-state index >= 15 is 0 Å². The highest BCUT2D eigenvalue weighted by molar-refractivity contribution is 6.31. The number of aryl methyl sites for hydroxylation is 1. The third-order valence-electron chi connectivity index (χ3n) is 6.58. The number of carbonyl (C=O) groups is 1. The van der Waals surface area contributed by atoms with Crippen LogP contribution in [0.1, 0.15) is 53.7 Å². The number of hydrogen-bond acceptors (Lipinski definition) is 4. The standard InChI is InChI=1S/C26H26ClN5O/c1-15-7-8-23(20(11-15)19-5-3-4-6-22(19)27)30-26(33)18-13-21-24(31-32-25(21)29-14-18)17-9-10-28-16(2)12-17/h3-6,9-10,12-15,20,23H,7-8,11H2,1-2H3,(H,30,33)(H,29,31,32)/t15?,20-,23+/m1/s1. The van der Waals surface area contributed by atoms with Gasteiger partial charge in [0.25, 0.3) is 5.91 Å². The second kappa shape index (κ2) is 8.94. The number of benzene rings is 1. The zero-order chi connectivity index (χ0) is 22.9. The molecule has 0 aliphatic heterocycles. The Morgan fingerprint density at radius 2 is 2.00 bits per heavy atom. The van der Waals surface area contributed by atoms with Crippen molar-refractivity contribution in [2.75, 3.05) is 0 Å². The van der Waals surface area contributed by atoms with Crippen molar-refractivity contribution in [2.45, 2.75) is 45.1 Å². The van der Waals surface area contributed by atoms with Crippen LogP contribution >= 0.6 is 11.6 Å². The third kappa shape index (κ3) is 4.35. The Kier molecular flexibility index (Phi) is 5.85. The number of H-pyrrole nitrogens is 1. The van der Waals surface area contributed by atoms with Crippen molar-refractivity contribution in [3.05, 3.63) is 76.7 Å². The van der Waals surface area contributed by atoms with E-state index in [0.717, 1.165) is 52.2 Å². The van der Waals surface area contributed by atoms with Gasteiger partial charge in [0.05, 0.1) is 5.56 Å². The van der Waals surface area contributed by atoms with Crippen LogP contribution in [-0.4, -0.2) is 32.1 Å². The van der Waals surface area contributed by atoms with Crippen molar-refractivity contribution < 1.29 is 4.79 Å². The highest BCUT2D eigenvalue weighted by Crippen LogP contribution is 2.39. The Morgan fingerprint density at radius 1 is 1.15 bits per heavy atom. The van der Waals surface area contributed by atoms with Gasteiger partial charge in [-0.25, -0.2) is 4.98 Å². The third-order valence-corrected chi connectivity index (χ3v) is 6.93. The minimum Gasteiger partial charge on any atom is -0.349 e. The molecule has 1 fully saturated rings. The summed E-state index contributed by atoms with van der Waals surface area (Å²) in [5.74, 6) is 0.654. The van der Waals surface area contributed by atoms with Gasteiger partial charge in [-0.2, -0.15) is 5.10 Å². The van der Waals surface area contributed by atoms with Gasteiger partial charge >= 0.3 is 0 Å². The molecule has 1 saturated carbocycles. The first-order valence-electron chi connectivity index (χ1n) is 11.3. The molecule has 33 heavy (non-hydrogen) atoms. The lowest BCUT2D eigenvalue weighted by molar-refractivity contribution is 0.0913. The van der Waals surface area contributed by atoms with Gasteiger partial charge in [-0.3, -0.25) is 14.9 Å². The first kappa shape index (κ1) is 21.6. The number of rotatable bonds is 4. The summed E-state index contributed by atoms with van der Waals surface area (Å²) in [6.07, 6.45) is 6.36. The molecule has 7 heteroatoms. The summed E-state index contributed by atoms with van der Waals surface area (Å²) in [5, 5.41) is 12.2. The van der Waals surface area contributed by atoms with Crippen LogP contribution in [0.15, 0.2) is 54.9 Å². The first-order chi connectivity index (χ1) is 16.0. The molecule has 1 aromatic carbocycles. The molecule has 4 aromatic rings. The average molecular weight is 460 g/mol. The largest absolute Gasteiger partial charge is 0.349 e. The van der Waals surface area contributed by atoms with Crippen LogP contribution < -0.4 is 5.32 Å². The monoisotopic (exact) mass is 459 g/mol. The second-order valence-corrected chi connectivity index (χ2v) is 9.41. The van der Waals surface area contributed by atoms with Crippen molar-refractivity contribution in [3.8, 4) is 11.3 Å². The molecule has 1 aliphatic rings. The highest BCUT2D eigenvalue weighted by Gasteiger charge is 2.32. The van der Waals surface area contributed by atoms with Crippen LogP contribution in [0.25, 0.3) is 22.3 Å². The second-order valence-electron chi connectivity index (χ2n) is 9.00. The van der Waals surface area contributed by atoms with Crippen LogP contribution in [0.3, 0.4) is 0 Å². The number of hydrogen-bond donors (Lipinski definition) is 2. The fourth-order valence-electron chi connectivity index (χ4n) is 4.87. The molecule has 1 amide bonds. The Bertz CT molecular complexity index is 1320. The average Bonchev–Trinajstić information content (AvgIpc) is 3.24. The van der Waals surface area contributed by atoms with Crippen LogP contribution in [0, 0.1) is 12.8 Å². The smallest absolute Gasteiger partial charge is 0.253 e. The number of carbonyl (C=O) groups excluding carboxylic acids is 1. The lowest BCUT2D eigenvalue weighted by Crippen LogP contribution is -2.42. The predicted octanol–water partition coefficient (Wildman–Crippen LogP) is 5.68. The molecular weight excluding hydrogens is 434 g/mol. The minimum atomic E-state index is -0.126. The summed E-state index contributed by atoms with van der Waals surface area (Å²) >= 11 is 6.53. The highest BCUT2D eigenvalue weighted by atomic mass is 35.5. The number of aromatic amines is 1. The molecular formula is C26H26ClN5O. The topological polar surface area (TPSA) is 83.6 Å². The maximum atomic E-state index is 13.3. The molecule has 3 aromatic heterocycles. The molecule has 0 bridgehead atoms. The van der Waals surface area contributed by atoms with Crippen molar-refractivity contribution in [1.29, 1.82) is 0 Å². The number of nitrogens with zero attached hydrogens (tertiary/aromatic N) is 3. The van der Waals surface area contributed by atoms with Crippen molar-refractivity contribution >= 4 is 28.5 Å². The zero-order valence-corrected chi connectivity index (χ0v) is 19.4. The number of pyridine rings is 2. The van der Waals surface area contributed by atoms with E-state index in [1.807, 2.05) is 43.3 Å². The van der Waals surface area contributed by atoms with Gasteiger partial charge < -0.3 is 5.32 Å². The van der Waals surface area contributed by atoms with Crippen LogP contribution in [0.2, 0.25) is 5.02 Å². The SMILES string of the molecule is Cc1cc(-c2n[nH]c3ncc(C(=O)N[C@H]4CCC(C)C[C@@H]4c4ccccc4Cl)cc23)ccn1. The van der Waals surface area contributed by atoms with E-state index in [1.165, 1.54) is 0 Å². The fraction of sp³-hybridized carbons (Fsp3) is 0.308. The van der Waals surface area contributed by atoms with Crippen LogP contribution in [0.4, 0.5) is 0 Å². The molecule has 1 unspecified atom stereocenters. The Labute approximate surface area is 197 Å². The Hall–Kier alpha value is -3.25. The Morgan fingerprint density at radius 3 is 2.82 bits per heavy atom. The summed E-state index contributed by atoms with van der Waals surface area (Å²) in [6, 6.07) is 13.7. The van der Waals surface area contributed by atoms with Crippen molar-refractivity contribution in [1.82, 2.24) is 25.5 Å². The van der Waals surface area contributed by atoms with Crippen molar-refractivity contribution in [3.63, 3.8) is 0 Å². The Balaban J connectivity index is 1.43. The maximum absolute atomic E-state index is 13.3. The van der Waals surface area contributed by atoms with Crippen LogP contribution in [0.5, 0.6) is 0 Å².